The molecule has 94 valence electrons. The van der Waals surface area contributed by atoms with Gasteiger partial charge >= 0.3 is 0 Å². The maximum Gasteiger partial charge on any atom is 0.256 e. The van der Waals surface area contributed by atoms with Gasteiger partial charge in [-0.3, -0.25) is 9.89 Å². The summed E-state index contributed by atoms with van der Waals surface area (Å²) in [4.78, 5) is 11.8. The van der Waals surface area contributed by atoms with E-state index in [1.165, 1.54) is 6.20 Å². The smallest absolute Gasteiger partial charge is 0.256 e. The van der Waals surface area contributed by atoms with Gasteiger partial charge in [0.25, 0.3) is 5.91 Å². The van der Waals surface area contributed by atoms with Crippen LogP contribution in [0.1, 0.15) is 30.1 Å². The number of hydrogen-bond acceptors (Lipinski definition) is 4. The van der Waals surface area contributed by atoms with Crippen molar-refractivity contribution in [2.45, 2.75) is 19.8 Å². The molecule has 1 fully saturated rings. The van der Waals surface area contributed by atoms with Gasteiger partial charge in [-0.05, 0) is 18.3 Å². The fourth-order valence-electron chi connectivity index (χ4n) is 1.91. The lowest BCUT2D eigenvalue weighted by Gasteiger charge is -2.33. The molecule has 2 heterocycles. The topological polar surface area (TPSA) is 93.0 Å². The van der Waals surface area contributed by atoms with Gasteiger partial charge in [-0.25, -0.2) is 0 Å². The Hall–Kier alpha value is -1.56. The molecule has 1 aromatic rings. The van der Waals surface area contributed by atoms with Gasteiger partial charge in [0, 0.05) is 19.8 Å². The maximum absolute atomic E-state index is 11.8. The molecule has 0 aliphatic carbocycles. The first-order valence-corrected chi connectivity index (χ1v) is 5.75. The Kier molecular flexibility index (Phi) is 3.33. The monoisotopic (exact) mass is 238 g/mol. The van der Waals surface area contributed by atoms with E-state index in [0.29, 0.717) is 17.9 Å². The number of aromatic nitrogens is 2. The van der Waals surface area contributed by atoms with Gasteiger partial charge in [0.15, 0.2) is 0 Å². The average Bonchev–Trinajstić information content (AvgIpc) is 2.74. The van der Waals surface area contributed by atoms with Crippen molar-refractivity contribution < 1.29 is 9.53 Å². The van der Waals surface area contributed by atoms with Crippen molar-refractivity contribution in [1.29, 1.82) is 0 Å². The van der Waals surface area contributed by atoms with E-state index in [2.05, 4.69) is 22.4 Å². The van der Waals surface area contributed by atoms with Crippen LogP contribution < -0.4 is 11.1 Å². The minimum Gasteiger partial charge on any atom is -0.383 e. The molecule has 17 heavy (non-hydrogen) atoms. The second kappa shape index (κ2) is 4.75. The zero-order valence-corrected chi connectivity index (χ0v) is 9.95. The first kappa shape index (κ1) is 11.9. The predicted molar refractivity (Wildman–Crippen MR) is 63.5 cm³/mol. The molecule has 0 saturated carbocycles. The highest BCUT2D eigenvalue weighted by Gasteiger charge is 2.28. The quantitative estimate of drug-likeness (QED) is 0.716. The second-order valence-electron chi connectivity index (χ2n) is 4.80. The Morgan fingerprint density at radius 3 is 2.94 bits per heavy atom. The summed E-state index contributed by atoms with van der Waals surface area (Å²) in [6.07, 6.45) is 3.37. The number of nitrogens with one attached hydrogen (secondary N) is 2. The zero-order chi connectivity index (χ0) is 12.3. The van der Waals surface area contributed by atoms with Crippen molar-refractivity contribution >= 4 is 11.7 Å². The number of hydrogen-bond donors (Lipinski definition) is 3. The van der Waals surface area contributed by atoms with Crippen LogP contribution in [-0.4, -0.2) is 35.9 Å². The number of H-pyrrole nitrogens is 1. The summed E-state index contributed by atoms with van der Waals surface area (Å²) in [5.74, 6) is 0.128. The Morgan fingerprint density at radius 1 is 1.65 bits per heavy atom. The number of nitrogens with zero attached hydrogens (tertiary/aromatic N) is 1. The van der Waals surface area contributed by atoms with Gasteiger partial charge in [-0.15, -0.1) is 0 Å². The summed E-state index contributed by atoms with van der Waals surface area (Å²) in [5, 5.41) is 9.17. The first-order valence-electron chi connectivity index (χ1n) is 5.75. The molecule has 0 unspecified atom stereocenters. The van der Waals surface area contributed by atoms with Crippen molar-refractivity contribution in [2.75, 3.05) is 25.5 Å². The van der Waals surface area contributed by atoms with Crippen molar-refractivity contribution in [2.24, 2.45) is 5.41 Å². The number of amides is 1. The van der Waals surface area contributed by atoms with Crippen LogP contribution in [0.4, 0.5) is 5.82 Å². The highest BCUT2D eigenvalue weighted by molar-refractivity contribution is 5.98. The van der Waals surface area contributed by atoms with Crippen LogP contribution in [0.2, 0.25) is 0 Å². The molecule has 0 atom stereocenters. The van der Waals surface area contributed by atoms with E-state index in [0.717, 1.165) is 26.1 Å². The number of rotatable bonds is 3. The zero-order valence-electron chi connectivity index (χ0n) is 9.95. The third kappa shape index (κ3) is 2.76. The summed E-state index contributed by atoms with van der Waals surface area (Å²) in [6.45, 7) is 4.33. The first-order chi connectivity index (χ1) is 8.11. The summed E-state index contributed by atoms with van der Waals surface area (Å²) in [7, 11) is 0. The largest absolute Gasteiger partial charge is 0.383 e. The molecule has 1 aromatic heterocycles. The van der Waals surface area contributed by atoms with E-state index in [9.17, 15) is 4.79 Å². The van der Waals surface area contributed by atoms with E-state index in [1.54, 1.807) is 0 Å². The second-order valence-corrected chi connectivity index (χ2v) is 4.80. The van der Waals surface area contributed by atoms with Crippen LogP contribution in [0.15, 0.2) is 6.20 Å². The maximum atomic E-state index is 11.8. The highest BCUT2D eigenvalue weighted by Crippen LogP contribution is 2.28. The van der Waals surface area contributed by atoms with Crippen LogP contribution in [0.5, 0.6) is 0 Å². The van der Waals surface area contributed by atoms with Crippen LogP contribution >= 0.6 is 0 Å². The number of nitrogen functional groups attached to an aromatic ring is 1. The molecule has 0 radical (unpaired) electrons. The minimum absolute atomic E-state index is 0.117. The summed E-state index contributed by atoms with van der Waals surface area (Å²) in [5.41, 5.74) is 6.11. The molecule has 1 aliphatic heterocycles. The van der Waals surface area contributed by atoms with Crippen LogP contribution in [0.25, 0.3) is 0 Å². The normalized spacial score (nSPS) is 18.9. The molecule has 1 aliphatic rings. The molecule has 0 aromatic carbocycles. The lowest BCUT2D eigenvalue weighted by Crippen LogP contribution is -2.39. The number of aromatic amines is 1. The van der Waals surface area contributed by atoms with E-state index in [4.69, 9.17) is 10.5 Å². The molecule has 0 bridgehead atoms. The van der Waals surface area contributed by atoms with Crippen molar-refractivity contribution in [1.82, 2.24) is 15.5 Å². The van der Waals surface area contributed by atoms with Gasteiger partial charge in [-0.1, -0.05) is 6.92 Å². The Labute approximate surface area is 99.9 Å². The van der Waals surface area contributed by atoms with Crippen molar-refractivity contribution in [3.8, 4) is 0 Å². The fourth-order valence-corrected chi connectivity index (χ4v) is 1.91. The molecular weight excluding hydrogens is 220 g/mol. The van der Waals surface area contributed by atoms with E-state index < -0.39 is 0 Å². The highest BCUT2D eigenvalue weighted by atomic mass is 16.5. The molecule has 4 N–H and O–H groups in total. The molecule has 2 rings (SSSR count). The molecule has 1 amide bonds. The fraction of sp³-hybridized carbons (Fsp3) is 0.636. The van der Waals surface area contributed by atoms with E-state index >= 15 is 0 Å². The van der Waals surface area contributed by atoms with Gasteiger partial charge < -0.3 is 15.8 Å². The number of carbonyl (C=O) groups is 1. The number of nitrogens with two attached hydrogens (primary N) is 1. The third-order valence-electron chi connectivity index (χ3n) is 3.29. The van der Waals surface area contributed by atoms with Crippen LogP contribution in [-0.2, 0) is 4.74 Å². The van der Waals surface area contributed by atoms with Gasteiger partial charge in [-0.2, -0.15) is 5.10 Å². The third-order valence-corrected chi connectivity index (χ3v) is 3.29. The molecular formula is C11H18N4O2. The molecule has 0 spiro atoms. The molecule has 6 nitrogen and oxygen atoms in total. The number of anilines is 1. The van der Waals surface area contributed by atoms with E-state index in [-0.39, 0.29) is 11.3 Å². The Morgan fingerprint density at radius 2 is 2.35 bits per heavy atom. The number of carbonyl (C=O) groups excluding carboxylic acids is 1. The van der Waals surface area contributed by atoms with Gasteiger partial charge in [0.05, 0.1) is 6.20 Å². The van der Waals surface area contributed by atoms with Crippen molar-refractivity contribution in [3.05, 3.63) is 11.8 Å². The number of ether oxygens (including phenoxy) is 1. The molecule has 6 heteroatoms. The van der Waals surface area contributed by atoms with Crippen molar-refractivity contribution in [3.63, 3.8) is 0 Å². The summed E-state index contributed by atoms with van der Waals surface area (Å²) in [6, 6.07) is 0. The standard InChI is InChI=1S/C11H18N4O2/c1-11(2-4-17-5-3-11)7-13-10(16)8-6-14-15-9(8)12/h6H,2-5,7H2,1H3,(H,13,16)(H3,12,14,15). The molecule has 1 saturated heterocycles. The van der Waals surface area contributed by atoms with E-state index in [1.807, 2.05) is 0 Å². The van der Waals surface area contributed by atoms with Crippen LogP contribution in [0, 0.1) is 5.41 Å². The average molecular weight is 238 g/mol. The van der Waals surface area contributed by atoms with Gasteiger partial charge in [0.2, 0.25) is 0 Å². The minimum atomic E-state index is -0.177. The van der Waals surface area contributed by atoms with Gasteiger partial charge in [0.1, 0.15) is 11.4 Å². The predicted octanol–water partition coefficient (Wildman–Crippen LogP) is 0.538. The Balaban J connectivity index is 1.90. The lowest BCUT2D eigenvalue weighted by molar-refractivity contribution is 0.0238. The summed E-state index contributed by atoms with van der Waals surface area (Å²) < 4.78 is 5.32. The summed E-state index contributed by atoms with van der Waals surface area (Å²) >= 11 is 0. The Bertz CT molecular complexity index is 396. The SMILES string of the molecule is CC1(CNC(=O)c2cn[nH]c2N)CCOCC1. The van der Waals surface area contributed by atoms with Crippen LogP contribution in [0.3, 0.4) is 0 Å². The lowest BCUT2D eigenvalue weighted by atomic mass is 9.82.